The van der Waals surface area contributed by atoms with Gasteiger partial charge in [0, 0.05) is 19.2 Å². The summed E-state index contributed by atoms with van der Waals surface area (Å²) >= 11 is 0. The second kappa shape index (κ2) is 3.58. The maximum absolute atomic E-state index is 13.3. The third-order valence-electron chi connectivity index (χ3n) is 2.67. The summed E-state index contributed by atoms with van der Waals surface area (Å²) in [5.74, 6) is -0.742. The van der Waals surface area contributed by atoms with Gasteiger partial charge in [-0.05, 0) is 30.7 Å². The number of fused-ring (bicyclic) bond motifs is 1. The molecule has 0 radical (unpaired) electrons. The summed E-state index contributed by atoms with van der Waals surface area (Å²) in [6, 6.07) is 2.64. The van der Waals surface area contributed by atoms with E-state index in [1.807, 2.05) is 7.05 Å². The van der Waals surface area contributed by atoms with Crippen LogP contribution in [0.4, 0.5) is 10.1 Å². The molecule has 0 bridgehead atoms. The summed E-state index contributed by atoms with van der Waals surface area (Å²) in [6.07, 6.45) is 0.743. The topological polar surface area (TPSA) is 46.4 Å². The molecule has 0 fully saturated rings. The molecule has 0 aromatic heterocycles. The summed E-state index contributed by atoms with van der Waals surface area (Å²) in [7, 11) is 1.95. The lowest BCUT2D eigenvalue weighted by atomic mass is 9.99. The third-order valence-corrected chi connectivity index (χ3v) is 2.67. The Balaban J connectivity index is 2.46. The third kappa shape index (κ3) is 1.83. The molecule has 4 nitrogen and oxygen atoms in total. The second-order valence-electron chi connectivity index (χ2n) is 3.82. The molecule has 0 atom stereocenters. The molecule has 0 spiro atoms. The van der Waals surface area contributed by atoms with Gasteiger partial charge in [-0.15, -0.1) is 0 Å². The number of likely N-dealkylation sites (N-methyl/N-ethyl adjacent to an activating group) is 1. The van der Waals surface area contributed by atoms with E-state index in [0.717, 1.165) is 24.1 Å². The summed E-state index contributed by atoms with van der Waals surface area (Å²) < 4.78 is 13.3. The first-order chi connectivity index (χ1) is 7.08. The smallest absolute Gasteiger partial charge is 0.302 e. The second-order valence-corrected chi connectivity index (χ2v) is 3.82. The molecule has 1 heterocycles. The summed E-state index contributed by atoms with van der Waals surface area (Å²) in [4.78, 5) is 11.9. The Morgan fingerprint density at radius 3 is 2.87 bits per heavy atom. The highest BCUT2D eigenvalue weighted by Crippen LogP contribution is 2.26. The van der Waals surface area contributed by atoms with Crippen LogP contribution in [0.3, 0.4) is 0 Å². The number of halogens is 1. The molecule has 15 heavy (non-hydrogen) atoms. The van der Waals surface area contributed by atoms with E-state index in [2.05, 4.69) is 4.90 Å². The van der Waals surface area contributed by atoms with Crippen molar-refractivity contribution in [2.45, 2.75) is 13.0 Å². The first-order valence-electron chi connectivity index (χ1n) is 4.72. The molecular formula is C10H11FN2O2. The Labute approximate surface area is 86.5 Å². The lowest BCUT2D eigenvalue weighted by molar-refractivity contribution is -0.387. The molecule has 1 aliphatic rings. The van der Waals surface area contributed by atoms with Crippen LogP contribution in [0.25, 0.3) is 0 Å². The van der Waals surface area contributed by atoms with E-state index < -0.39 is 16.4 Å². The zero-order chi connectivity index (χ0) is 11.0. The van der Waals surface area contributed by atoms with E-state index >= 15 is 0 Å². The van der Waals surface area contributed by atoms with Gasteiger partial charge in [0.25, 0.3) is 0 Å². The Hall–Kier alpha value is -1.49. The minimum atomic E-state index is -0.742. The van der Waals surface area contributed by atoms with Crippen molar-refractivity contribution in [3.8, 4) is 0 Å². The van der Waals surface area contributed by atoms with Gasteiger partial charge in [0.2, 0.25) is 5.82 Å². The van der Waals surface area contributed by atoms with Gasteiger partial charge in [-0.25, -0.2) is 0 Å². The maximum atomic E-state index is 13.3. The van der Waals surface area contributed by atoms with Gasteiger partial charge in [0.1, 0.15) is 0 Å². The Kier molecular flexibility index (Phi) is 2.40. The van der Waals surface area contributed by atoms with Gasteiger partial charge in [0.05, 0.1) is 4.92 Å². The fourth-order valence-electron chi connectivity index (χ4n) is 1.85. The van der Waals surface area contributed by atoms with Crippen LogP contribution in [0.1, 0.15) is 11.1 Å². The highest BCUT2D eigenvalue weighted by atomic mass is 19.1. The molecule has 0 unspecified atom stereocenters. The highest BCUT2D eigenvalue weighted by molar-refractivity contribution is 5.42. The predicted molar refractivity (Wildman–Crippen MR) is 53.1 cm³/mol. The average molecular weight is 210 g/mol. The van der Waals surface area contributed by atoms with Crippen molar-refractivity contribution in [3.05, 3.63) is 39.2 Å². The lowest BCUT2D eigenvalue weighted by Gasteiger charge is -2.24. The number of nitro benzene ring substituents is 1. The largest absolute Gasteiger partial charge is 0.305 e. The van der Waals surface area contributed by atoms with Crippen molar-refractivity contribution in [2.24, 2.45) is 0 Å². The van der Waals surface area contributed by atoms with E-state index in [-0.39, 0.29) is 0 Å². The highest BCUT2D eigenvalue weighted by Gasteiger charge is 2.21. The van der Waals surface area contributed by atoms with Gasteiger partial charge >= 0.3 is 5.69 Å². The monoisotopic (exact) mass is 210 g/mol. The van der Waals surface area contributed by atoms with E-state index in [0.29, 0.717) is 6.54 Å². The SMILES string of the molecule is CN1CCc2cc([N+](=O)[O-])c(F)cc2C1. The van der Waals surface area contributed by atoms with Crippen LogP contribution in [-0.2, 0) is 13.0 Å². The number of hydrogen-bond donors (Lipinski definition) is 0. The zero-order valence-electron chi connectivity index (χ0n) is 8.36. The van der Waals surface area contributed by atoms with Gasteiger partial charge in [0.15, 0.2) is 0 Å². The quantitative estimate of drug-likeness (QED) is 0.523. The van der Waals surface area contributed by atoms with E-state index in [1.54, 1.807) is 0 Å². The van der Waals surface area contributed by atoms with Crippen LogP contribution in [0.2, 0.25) is 0 Å². The van der Waals surface area contributed by atoms with Crippen LogP contribution in [0.15, 0.2) is 12.1 Å². The molecule has 1 aromatic carbocycles. The van der Waals surface area contributed by atoms with Crippen molar-refractivity contribution in [2.75, 3.05) is 13.6 Å². The molecule has 1 aliphatic heterocycles. The fourth-order valence-corrected chi connectivity index (χ4v) is 1.85. The van der Waals surface area contributed by atoms with Crippen molar-refractivity contribution >= 4 is 5.69 Å². The number of rotatable bonds is 1. The van der Waals surface area contributed by atoms with Crippen LogP contribution < -0.4 is 0 Å². The van der Waals surface area contributed by atoms with Gasteiger partial charge in [-0.1, -0.05) is 0 Å². The molecule has 0 amide bonds. The fraction of sp³-hybridized carbons (Fsp3) is 0.400. The van der Waals surface area contributed by atoms with Crippen LogP contribution in [0.5, 0.6) is 0 Å². The van der Waals surface area contributed by atoms with Crippen molar-refractivity contribution in [1.29, 1.82) is 0 Å². The van der Waals surface area contributed by atoms with E-state index in [4.69, 9.17) is 0 Å². The summed E-state index contributed by atoms with van der Waals surface area (Å²) in [5.41, 5.74) is 1.33. The standard InChI is InChI=1S/C10H11FN2O2/c1-12-3-2-7-5-10(13(14)15)9(11)4-8(7)6-12/h4-5H,2-3,6H2,1H3. The van der Waals surface area contributed by atoms with Gasteiger partial charge < -0.3 is 4.90 Å². The molecule has 80 valence electrons. The first-order valence-corrected chi connectivity index (χ1v) is 4.72. The molecule has 1 aromatic rings. The van der Waals surface area contributed by atoms with Crippen molar-refractivity contribution < 1.29 is 9.31 Å². The molecule has 5 heteroatoms. The van der Waals surface area contributed by atoms with Crippen molar-refractivity contribution in [1.82, 2.24) is 4.90 Å². The van der Waals surface area contributed by atoms with Gasteiger partial charge in [-0.2, -0.15) is 4.39 Å². The van der Waals surface area contributed by atoms with Crippen molar-refractivity contribution in [3.63, 3.8) is 0 Å². The number of hydrogen-bond acceptors (Lipinski definition) is 3. The van der Waals surface area contributed by atoms with Crippen LogP contribution in [0, 0.1) is 15.9 Å². The number of nitrogens with zero attached hydrogens (tertiary/aromatic N) is 2. The molecule has 0 N–H and O–H groups in total. The molecular weight excluding hydrogens is 199 g/mol. The molecule has 0 saturated heterocycles. The van der Waals surface area contributed by atoms with E-state index in [1.165, 1.54) is 12.1 Å². The minimum Gasteiger partial charge on any atom is -0.302 e. The number of benzene rings is 1. The van der Waals surface area contributed by atoms with Gasteiger partial charge in [-0.3, -0.25) is 10.1 Å². The maximum Gasteiger partial charge on any atom is 0.305 e. The predicted octanol–water partition coefficient (Wildman–Crippen LogP) is 1.72. The lowest BCUT2D eigenvalue weighted by Crippen LogP contribution is -2.26. The van der Waals surface area contributed by atoms with Crippen LogP contribution in [-0.4, -0.2) is 23.4 Å². The Morgan fingerprint density at radius 2 is 2.20 bits per heavy atom. The molecule has 0 saturated carbocycles. The molecule has 0 aliphatic carbocycles. The first kappa shape index (κ1) is 10.0. The average Bonchev–Trinajstić information content (AvgIpc) is 2.15. The summed E-state index contributed by atoms with van der Waals surface area (Å²) in [6.45, 7) is 1.51. The molecule has 2 rings (SSSR count). The Morgan fingerprint density at radius 1 is 1.47 bits per heavy atom. The summed E-state index contributed by atoms with van der Waals surface area (Å²) in [5, 5.41) is 10.5. The number of nitro groups is 1. The minimum absolute atomic E-state index is 0.418. The normalized spacial score (nSPS) is 16.1. The zero-order valence-corrected chi connectivity index (χ0v) is 8.36. The Bertz CT molecular complexity index is 420. The van der Waals surface area contributed by atoms with Crippen LogP contribution >= 0.6 is 0 Å². The van der Waals surface area contributed by atoms with E-state index in [9.17, 15) is 14.5 Å².